The Balaban J connectivity index is 0.00000243. The minimum atomic E-state index is 0. The fraction of sp³-hybridized carbons (Fsp3) is 0.250. The first-order valence-corrected chi connectivity index (χ1v) is 9.21. The second-order valence-electron chi connectivity index (χ2n) is 5.67. The molecule has 1 heterocycles. The van der Waals surface area contributed by atoms with Crippen molar-refractivity contribution in [2.24, 2.45) is 0 Å². The van der Waals surface area contributed by atoms with Crippen LogP contribution in [0.2, 0.25) is 0 Å². The van der Waals surface area contributed by atoms with Gasteiger partial charge in [-0.2, -0.15) is 0 Å². The summed E-state index contributed by atoms with van der Waals surface area (Å²) in [6, 6.07) is 12.2. The molecule has 4 nitrogen and oxygen atoms in total. The molecule has 1 aromatic heterocycles. The van der Waals surface area contributed by atoms with Crippen LogP contribution in [0.5, 0.6) is 11.5 Å². The molecule has 0 saturated carbocycles. The molecule has 0 bridgehead atoms. The fourth-order valence-electron chi connectivity index (χ4n) is 2.56. The number of rotatable bonds is 7. The molecule has 0 saturated heterocycles. The Bertz CT molecular complexity index is 893. The minimum absolute atomic E-state index is 0. The molecule has 6 heteroatoms. The van der Waals surface area contributed by atoms with E-state index in [9.17, 15) is 0 Å². The smallest absolute Gasteiger partial charge is 0.166 e. The number of nitrogens with zero attached hydrogens (tertiary/aromatic N) is 1. The zero-order valence-corrected chi connectivity index (χ0v) is 16.7. The predicted molar refractivity (Wildman–Crippen MR) is 112 cm³/mol. The summed E-state index contributed by atoms with van der Waals surface area (Å²) in [6.07, 6.45) is 4.03. The van der Waals surface area contributed by atoms with E-state index in [-0.39, 0.29) is 12.4 Å². The van der Waals surface area contributed by atoms with Gasteiger partial charge in [-0.05, 0) is 49.2 Å². The van der Waals surface area contributed by atoms with Crippen molar-refractivity contribution in [3.63, 3.8) is 0 Å². The Labute approximate surface area is 164 Å². The fourth-order valence-corrected chi connectivity index (χ4v) is 3.26. The second kappa shape index (κ2) is 9.55. The molecular formula is C20H23ClN2O2S. The molecule has 2 aromatic carbocycles. The number of imidazole rings is 1. The molecule has 1 N–H and O–H groups in total. The lowest BCUT2D eigenvalue weighted by molar-refractivity contribution is 0.313. The van der Waals surface area contributed by atoms with Crippen molar-refractivity contribution in [2.45, 2.75) is 19.0 Å². The molecular weight excluding hydrogens is 368 g/mol. The molecule has 138 valence electrons. The van der Waals surface area contributed by atoms with Gasteiger partial charge in [-0.3, -0.25) is 0 Å². The van der Waals surface area contributed by atoms with Gasteiger partial charge >= 0.3 is 0 Å². The lowest BCUT2D eigenvalue weighted by Crippen LogP contribution is -2.02. The molecule has 0 spiro atoms. The standard InChI is InChI=1S/C20H22N2O2S.ClH/c1-4-5-15-7-9-18(19(13-15)23-3)24-10-11-25-20-21-16-8-6-14(2)12-17(16)22-20;/h4-9,12-13H,10-11H2,1-3H3,(H,21,22);1H. The summed E-state index contributed by atoms with van der Waals surface area (Å²) in [4.78, 5) is 7.93. The van der Waals surface area contributed by atoms with E-state index in [1.54, 1.807) is 18.9 Å². The number of nitrogens with one attached hydrogen (secondary N) is 1. The van der Waals surface area contributed by atoms with Crippen LogP contribution >= 0.6 is 24.2 Å². The number of hydrogen-bond acceptors (Lipinski definition) is 4. The number of methoxy groups -OCH3 is 1. The van der Waals surface area contributed by atoms with Crippen LogP contribution in [0.25, 0.3) is 17.1 Å². The van der Waals surface area contributed by atoms with Crippen molar-refractivity contribution in [1.82, 2.24) is 9.97 Å². The number of hydrogen-bond donors (Lipinski definition) is 1. The van der Waals surface area contributed by atoms with Gasteiger partial charge in [0.1, 0.15) is 0 Å². The van der Waals surface area contributed by atoms with Crippen molar-refractivity contribution in [3.05, 3.63) is 53.6 Å². The third kappa shape index (κ3) is 4.96. The predicted octanol–water partition coefficient (Wildman–Crippen LogP) is 5.51. The highest BCUT2D eigenvalue weighted by Gasteiger charge is 2.06. The first kappa shape index (κ1) is 20.2. The molecule has 3 aromatic rings. The molecule has 0 aliphatic rings. The zero-order chi connectivity index (χ0) is 17.6. The summed E-state index contributed by atoms with van der Waals surface area (Å²) < 4.78 is 11.3. The molecule has 0 amide bonds. The summed E-state index contributed by atoms with van der Waals surface area (Å²) in [5.74, 6) is 2.31. The van der Waals surface area contributed by atoms with E-state index in [2.05, 4.69) is 29.0 Å². The minimum Gasteiger partial charge on any atom is -0.493 e. The van der Waals surface area contributed by atoms with Gasteiger partial charge in [-0.1, -0.05) is 36.0 Å². The van der Waals surface area contributed by atoms with Crippen LogP contribution in [-0.4, -0.2) is 29.4 Å². The largest absolute Gasteiger partial charge is 0.493 e. The molecule has 0 aliphatic carbocycles. The van der Waals surface area contributed by atoms with E-state index < -0.39 is 0 Å². The zero-order valence-electron chi connectivity index (χ0n) is 15.1. The maximum absolute atomic E-state index is 5.86. The maximum atomic E-state index is 5.86. The lowest BCUT2D eigenvalue weighted by atomic mass is 10.2. The highest BCUT2D eigenvalue weighted by Crippen LogP contribution is 2.29. The van der Waals surface area contributed by atoms with Gasteiger partial charge in [0.15, 0.2) is 16.7 Å². The number of aryl methyl sites for hydroxylation is 1. The highest BCUT2D eigenvalue weighted by molar-refractivity contribution is 7.99. The van der Waals surface area contributed by atoms with Gasteiger partial charge in [-0.25, -0.2) is 4.98 Å². The summed E-state index contributed by atoms with van der Waals surface area (Å²) >= 11 is 1.65. The average Bonchev–Trinajstić information content (AvgIpc) is 3.01. The van der Waals surface area contributed by atoms with Gasteiger partial charge in [0.2, 0.25) is 0 Å². The Morgan fingerprint density at radius 2 is 2.00 bits per heavy atom. The first-order valence-electron chi connectivity index (χ1n) is 8.22. The lowest BCUT2D eigenvalue weighted by Gasteiger charge is -2.11. The van der Waals surface area contributed by atoms with Crippen molar-refractivity contribution in [2.75, 3.05) is 19.5 Å². The normalized spacial score (nSPS) is 10.9. The van der Waals surface area contributed by atoms with Crippen LogP contribution < -0.4 is 9.47 Å². The van der Waals surface area contributed by atoms with E-state index in [0.29, 0.717) is 6.61 Å². The van der Waals surface area contributed by atoms with E-state index in [1.165, 1.54) is 5.56 Å². The van der Waals surface area contributed by atoms with Crippen LogP contribution in [-0.2, 0) is 0 Å². The Morgan fingerprint density at radius 3 is 2.77 bits per heavy atom. The third-order valence-electron chi connectivity index (χ3n) is 3.74. The van der Waals surface area contributed by atoms with Gasteiger partial charge in [0.25, 0.3) is 0 Å². The van der Waals surface area contributed by atoms with Gasteiger partial charge in [0, 0.05) is 5.75 Å². The highest BCUT2D eigenvalue weighted by atomic mass is 35.5. The number of halogens is 1. The number of benzene rings is 2. The monoisotopic (exact) mass is 390 g/mol. The number of thioether (sulfide) groups is 1. The summed E-state index contributed by atoms with van der Waals surface area (Å²) in [5, 5.41) is 0.916. The Morgan fingerprint density at radius 1 is 1.15 bits per heavy atom. The summed E-state index contributed by atoms with van der Waals surface area (Å²) in [5.41, 5.74) is 4.39. The summed E-state index contributed by atoms with van der Waals surface area (Å²) in [6.45, 7) is 4.66. The van der Waals surface area contributed by atoms with E-state index in [0.717, 1.165) is 39.0 Å². The molecule has 0 aliphatic heterocycles. The summed E-state index contributed by atoms with van der Waals surface area (Å²) in [7, 11) is 1.66. The van der Waals surface area contributed by atoms with Crippen LogP contribution in [0.1, 0.15) is 18.1 Å². The third-order valence-corrected chi connectivity index (χ3v) is 4.58. The molecule has 3 rings (SSSR count). The van der Waals surface area contributed by atoms with Crippen LogP contribution in [0.4, 0.5) is 0 Å². The number of aromatic nitrogens is 2. The Kier molecular flexibility index (Phi) is 7.42. The topological polar surface area (TPSA) is 47.1 Å². The van der Waals surface area contributed by atoms with Crippen LogP contribution in [0.15, 0.2) is 47.6 Å². The SMILES string of the molecule is CC=Cc1ccc(OCCSc2nc3ccc(C)cc3[nH]2)c(OC)c1.Cl. The number of fused-ring (bicyclic) bond motifs is 1. The number of aromatic amines is 1. The van der Waals surface area contributed by atoms with E-state index in [4.69, 9.17) is 9.47 Å². The van der Waals surface area contributed by atoms with Gasteiger partial charge in [0.05, 0.1) is 24.8 Å². The molecule has 0 unspecified atom stereocenters. The van der Waals surface area contributed by atoms with Crippen molar-refractivity contribution >= 4 is 41.3 Å². The molecule has 0 radical (unpaired) electrons. The van der Waals surface area contributed by atoms with E-state index in [1.807, 2.05) is 43.3 Å². The second-order valence-corrected chi connectivity index (χ2v) is 6.75. The molecule has 26 heavy (non-hydrogen) atoms. The van der Waals surface area contributed by atoms with E-state index >= 15 is 0 Å². The van der Waals surface area contributed by atoms with Gasteiger partial charge in [-0.15, -0.1) is 12.4 Å². The quantitative estimate of drug-likeness (QED) is 0.427. The average molecular weight is 391 g/mol. The molecule has 0 fully saturated rings. The first-order chi connectivity index (χ1) is 12.2. The van der Waals surface area contributed by atoms with Crippen molar-refractivity contribution < 1.29 is 9.47 Å². The van der Waals surface area contributed by atoms with Gasteiger partial charge < -0.3 is 14.5 Å². The Hall–Kier alpha value is -2.11. The maximum Gasteiger partial charge on any atom is 0.166 e. The van der Waals surface area contributed by atoms with Crippen molar-refractivity contribution in [1.29, 1.82) is 0 Å². The number of allylic oxidation sites excluding steroid dienone is 1. The number of ether oxygens (including phenoxy) is 2. The van der Waals surface area contributed by atoms with Crippen LogP contribution in [0.3, 0.4) is 0 Å². The molecule has 0 atom stereocenters. The number of H-pyrrole nitrogens is 1. The van der Waals surface area contributed by atoms with Crippen molar-refractivity contribution in [3.8, 4) is 11.5 Å². The van der Waals surface area contributed by atoms with Crippen LogP contribution in [0, 0.1) is 6.92 Å².